The van der Waals surface area contributed by atoms with E-state index in [1.54, 1.807) is 18.2 Å². The number of hydrogen-bond acceptors (Lipinski definition) is 4. The predicted molar refractivity (Wildman–Crippen MR) is 72.8 cm³/mol. The zero-order valence-electron chi connectivity index (χ0n) is 10.7. The quantitative estimate of drug-likeness (QED) is 0.812. The van der Waals surface area contributed by atoms with Crippen LogP contribution in [-0.4, -0.2) is 22.0 Å². The highest BCUT2D eigenvalue weighted by Crippen LogP contribution is 2.22. The van der Waals surface area contributed by atoms with E-state index in [-0.39, 0.29) is 12.1 Å². The molecule has 5 heteroatoms. The highest BCUT2D eigenvalue weighted by molar-refractivity contribution is 5.94. The van der Waals surface area contributed by atoms with E-state index in [2.05, 4.69) is 9.97 Å². The van der Waals surface area contributed by atoms with Crippen molar-refractivity contribution >= 4 is 23.0 Å². The predicted octanol–water partition coefficient (Wildman–Crippen LogP) is 2.63. The SMILES string of the molecule is Nc1nc2ccc(C(=O)OC3CCCCC3)cc2[nH]1. The van der Waals surface area contributed by atoms with E-state index in [0.29, 0.717) is 11.5 Å². The summed E-state index contributed by atoms with van der Waals surface area (Å²) in [6, 6.07) is 5.25. The van der Waals surface area contributed by atoms with E-state index in [9.17, 15) is 4.79 Å². The molecule has 0 amide bonds. The van der Waals surface area contributed by atoms with Crippen LogP contribution in [0.1, 0.15) is 42.5 Å². The summed E-state index contributed by atoms with van der Waals surface area (Å²) < 4.78 is 5.53. The number of carbonyl (C=O) groups is 1. The van der Waals surface area contributed by atoms with Crippen LogP contribution in [0.3, 0.4) is 0 Å². The molecule has 1 saturated carbocycles. The topological polar surface area (TPSA) is 81.0 Å². The Labute approximate surface area is 111 Å². The first-order valence-corrected chi connectivity index (χ1v) is 6.68. The number of carbonyl (C=O) groups excluding carboxylic acids is 1. The number of ether oxygens (including phenoxy) is 1. The average Bonchev–Trinajstić information content (AvgIpc) is 2.78. The Hall–Kier alpha value is -2.04. The van der Waals surface area contributed by atoms with E-state index in [1.165, 1.54) is 6.42 Å². The van der Waals surface area contributed by atoms with Crippen molar-refractivity contribution in [2.24, 2.45) is 0 Å². The van der Waals surface area contributed by atoms with Gasteiger partial charge in [-0.2, -0.15) is 0 Å². The Morgan fingerprint density at radius 1 is 1.32 bits per heavy atom. The molecule has 1 aliphatic rings. The maximum absolute atomic E-state index is 12.1. The molecule has 0 aliphatic heterocycles. The number of nitrogen functional groups attached to an aromatic ring is 1. The number of esters is 1. The molecule has 3 N–H and O–H groups in total. The molecule has 0 radical (unpaired) electrons. The van der Waals surface area contributed by atoms with Gasteiger partial charge in [-0.15, -0.1) is 0 Å². The number of anilines is 1. The minimum Gasteiger partial charge on any atom is -0.459 e. The average molecular weight is 259 g/mol. The maximum Gasteiger partial charge on any atom is 0.338 e. The van der Waals surface area contributed by atoms with Crippen LogP contribution in [0.15, 0.2) is 18.2 Å². The van der Waals surface area contributed by atoms with Gasteiger partial charge in [-0.05, 0) is 43.9 Å². The van der Waals surface area contributed by atoms with Crippen molar-refractivity contribution in [2.45, 2.75) is 38.2 Å². The summed E-state index contributed by atoms with van der Waals surface area (Å²) in [6.07, 6.45) is 5.56. The minimum absolute atomic E-state index is 0.0729. The molecular formula is C14H17N3O2. The van der Waals surface area contributed by atoms with E-state index >= 15 is 0 Å². The van der Waals surface area contributed by atoms with Crippen molar-refractivity contribution in [2.75, 3.05) is 5.73 Å². The molecule has 5 nitrogen and oxygen atoms in total. The van der Waals surface area contributed by atoms with Gasteiger partial charge in [0.15, 0.2) is 5.95 Å². The second-order valence-corrected chi connectivity index (χ2v) is 5.02. The van der Waals surface area contributed by atoms with Crippen LogP contribution in [0.25, 0.3) is 11.0 Å². The van der Waals surface area contributed by atoms with Crippen LogP contribution in [0.2, 0.25) is 0 Å². The molecule has 1 heterocycles. The first-order chi connectivity index (χ1) is 9.22. The molecular weight excluding hydrogens is 242 g/mol. The van der Waals surface area contributed by atoms with E-state index in [1.807, 2.05) is 0 Å². The summed E-state index contributed by atoms with van der Waals surface area (Å²) >= 11 is 0. The summed E-state index contributed by atoms with van der Waals surface area (Å²) in [5.74, 6) is 0.0924. The summed E-state index contributed by atoms with van der Waals surface area (Å²) in [5, 5.41) is 0. The molecule has 0 unspecified atom stereocenters. The van der Waals surface area contributed by atoms with Gasteiger partial charge in [0, 0.05) is 0 Å². The molecule has 0 spiro atoms. The Balaban J connectivity index is 1.76. The molecule has 0 atom stereocenters. The number of hydrogen-bond donors (Lipinski definition) is 2. The lowest BCUT2D eigenvalue weighted by Gasteiger charge is -2.21. The Bertz CT molecular complexity index is 600. The number of nitrogens with one attached hydrogen (secondary N) is 1. The lowest BCUT2D eigenvalue weighted by molar-refractivity contribution is 0.0211. The van der Waals surface area contributed by atoms with Gasteiger partial charge in [0.1, 0.15) is 6.10 Å². The Morgan fingerprint density at radius 3 is 2.89 bits per heavy atom. The maximum atomic E-state index is 12.1. The lowest BCUT2D eigenvalue weighted by Crippen LogP contribution is -2.20. The van der Waals surface area contributed by atoms with E-state index in [0.717, 1.165) is 36.7 Å². The molecule has 19 heavy (non-hydrogen) atoms. The lowest BCUT2D eigenvalue weighted by atomic mass is 9.98. The van der Waals surface area contributed by atoms with Crippen LogP contribution in [0.4, 0.5) is 5.95 Å². The first-order valence-electron chi connectivity index (χ1n) is 6.68. The molecule has 1 aromatic carbocycles. The smallest absolute Gasteiger partial charge is 0.338 e. The van der Waals surface area contributed by atoms with Crippen LogP contribution in [0, 0.1) is 0 Å². The fourth-order valence-corrected chi connectivity index (χ4v) is 2.56. The van der Waals surface area contributed by atoms with E-state index < -0.39 is 0 Å². The second kappa shape index (κ2) is 4.91. The highest BCUT2D eigenvalue weighted by atomic mass is 16.5. The fourth-order valence-electron chi connectivity index (χ4n) is 2.56. The summed E-state index contributed by atoms with van der Waals surface area (Å²) in [5.41, 5.74) is 7.64. The zero-order chi connectivity index (χ0) is 13.2. The molecule has 0 bridgehead atoms. The third-order valence-corrected chi connectivity index (χ3v) is 3.56. The molecule has 100 valence electrons. The van der Waals surface area contributed by atoms with Crippen molar-refractivity contribution < 1.29 is 9.53 Å². The molecule has 1 aliphatic carbocycles. The van der Waals surface area contributed by atoms with Crippen LogP contribution < -0.4 is 5.73 Å². The zero-order valence-corrected chi connectivity index (χ0v) is 10.7. The number of fused-ring (bicyclic) bond motifs is 1. The summed E-state index contributed by atoms with van der Waals surface area (Å²) in [4.78, 5) is 19.1. The number of imidazole rings is 1. The summed E-state index contributed by atoms with van der Waals surface area (Å²) in [6.45, 7) is 0. The minimum atomic E-state index is -0.262. The van der Waals surface area contributed by atoms with E-state index in [4.69, 9.17) is 10.5 Å². The van der Waals surface area contributed by atoms with Crippen molar-refractivity contribution in [3.8, 4) is 0 Å². The van der Waals surface area contributed by atoms with Crippen LogP contribution in [-0.2, 0) is 4.74 Å². The third kappa shape index (κ3) is 2.54. The van der Waals surface area contributed by atoms with Crippen molar-refractivity contribution in [3.05, 3.63) is 23.8 Å². The standard InChI is InChI=1S/C14H17N3O2/c15-14-16-11-7-6-9(8-12(11)17-14)13(18)19-10-4-2-1-3-5-10/h6-8,10H,1-5H2,(H3,15,16,17). The van der Waals surface area contributed by atoms with Crippen LogP contribution in [0.5, 0.6) is 0 Å². The van der Waals surface area contributed by atoms with Crippen LogP contribution >= 0.6 is 0 Å². The number of H-pyrrole nitrogens is 1. The third-order valence-electron chi connectivity index (χ3n) is 3.56. The van der Waals surface area contributed by atoms with Crippen molar-refractivity contribution in [3.63, 3.8) is 0 Å². The number of rotatable bonds is 2. The second-order valence-electron chi connectivity index (χ2n) is 5.02. The Kier molecular flexibility index (Phi) is 3.11. The molecule has 0 saturated heterocycles. The van der Waals surface area contributed by atoms with Gasteiger partial charge in [-0.3, -0.25) is 0 Å². The van der Waals surface area contributed by atoms with Gasteiger partial charge in [0.05, 0.1) is 16.6 Å². The highest BCUT2D eigenvalue weighted by Gasteiger charge is 2.19. The molecule has 3 rings (SSSR count). The summed E-state index contributed by atoms with van der Waals surface area (Å²) in [7, 11) is 0. The van der Waals surface area contributed by atoms with Crippen molar-refractivity contribution in [1.82, 2.24) is 9.97 Å². The monoisotopic (exact) mass is 259 g/mol. The fraction of sp³-hybridized carbons (Fsp3) is 0.429. The van der Waals surface area contributed by atoms with Gasteiger partial charge >= 0.3 is 5.97 Å². The molecule has 1 fully saturated rings. The first kappa shape index (κ1) is 12.0. The molecule has 2 aromatic rings. The van der Waals surface area contributed by atoms with Gasteiger partial charge in [-0.25, -0.2) is 9.78 Å². The number of aromatic amines is 1. The Morgan fingerprint density at radius 2 is 2.11 bits per heavy atom. The molecule has 1 aromatic heterocycles. The largest absolute Gasteiger partial charge is 0.459 e. The van der Waals surface area contributed by atoms with Gasteiger partial charge in [-0.1, -0.05) is 6.42 Å². The normalized spacial score (nSPS) is 16.6. The number of nitrogens with two attached hydrogens (primary N) is 1. The van der Waals surface area contributed by atoms with Gasteiger partial charge in [0.2, 0.25) is 0 Å². The van der Waals surface area contributed by atoms with Crippen molar-refractivity contribution in [1.29, 1.82) is 0 Å². The number of nitrogens with zero attached hydrogens (tertiary/aromatic N) is 1. The number of benzene rings is 1. The number of aromatic nitrogens is 2. The van der Waals surface area contributed by atoms with Gasteiger partial charge in [0.25, 0.3) is 0 Å². The van der Waals surface area contributed by atoms with Gasteiger partial charge < -0.3 is 15.5 Å².